The van der Waals surface area contributed by atoms with E-state index in [-0.39, 0.29) is 29.3 Å². The molecule has 1 aliphatic rings. The number of carbonyl (C=O) groups is 1. The fourth-order valence-electron chi connectivity index (χ4n) is 3.89. The molecule has 0 spiro atoms. The molecular formula is C21H35N3O3S. The highest BCUT2D eigenvalue weighted by Crippen LogP contribution is 2.30. The van der Waals surface area contributed by atoms with Gasteiger partial charge in [-0.1, -0.05) is 37.8 Å². The van der Waals surface area contributed by atoms with E-state index in [2.05, 4.69) is 29.0 Å². The van der Waals surface area contributed by atoms with Crippen LogP contribution in [0.4, 0.5) is 0 Å². The molecule has 0 bridgehead atoms. The molecule has 0 aromatic heterocycles. The Balaban J connectivity index is 1.87. The zero-order chi connectivity index (χ0) is 20.8. The SMILES string of the molecule is Cc1ccc(C)c(S(=O)(=O)NCCC(=O)NCC2(N(C)C)CCCCCC2)c1. The Kier molecular flexibility index (Phi) is 8.04. The van der Waals surface area contributed by atoms with E-state index in [0.29, 0.717) is 12.1 Å². The van der Waals surface area contributed by atoms with Crippen molar-refractivity contribution in [1.82, 2.24) is 14.9 Å². The Bertz CT molecular complexity index is 767. The smallest absolute Gasteiger partial charge is 0.240 e. The van der Waals surface area contributed by atoms with Crippen LogP contribution in [0.5, 0.6) is 0 Å². The van der Waals surface area contributed by atoms with Gasteiger partial charge in [0.2, 0.25) is 15.9 Å². The zero-order valence-electron chi connectivity index (χ0n) is 17.7. The molecule has 0 atom stereocenters. The van der Waals surface area contributed by atoms with Crippen LogP contribution in [0, 0.1) is 13.8 Å². The summed E-state index contributed by atoms with van der Waals surface area (Å²) in [5, 5.41) is 3.03. The van der Waals surface area contributed by atoms with Crippen LogP contribution in [0.15, 0.2) is 23.1 Å². The number of nitrogens with zero attached hydrogens (tertiary/aromatic N) is 1. The van der Waals surface area contributed by atoms with Gasteiger partial charge in [-0.05, 0) is 58.0 Å². The third-order valence-corrected chi connectivity index (χ3v) is 7.48. The molecule has 1 aromatic rings. The summed E-state index contributed by atoms with van der Waals surface area (Å²) in [5.41, 5.74) is 1.59. The van der Waals surface area contributed by atoms with Gasteiger partial charge >= 0.3 is 0 Å². The Hall–Kier alpha value is -1.44. The summed E-state index contributed by atoms with van der Waals surface area (Å²) in [6, 6.07) is 5.34. The molecule has 1 aliphatic carbocycles. The van der Waals surface area contributed by atoms with Crippen LogP contribution in [0.1, 0.15) is 56.1 Å². The molecule has 2 rings (SSSR count). The van der Waals surface area contributed by atoms with E-state index in [1.807, 2.05) is 13.0 Å². The minimum atomic E-state index is -3.61. The first-order valence-corrected chi connectivity index (χ1v) is 11.7. The third-order valence-electron chi connectivity index (χ3n) is 5.87. The molecule has 1 amide bonds. The Labute approximate surface area is 170 Å². The van der Waals surface area contributed by atoms with Crippen molar-refractivity contribution in [2.24, 2.45) is 0 Å². The molecule has 1 fully saturated rings. The van der Waals surface area contributed by atoms with E-state index in [0.717, 1.165) is 18.4 Å². The zero-order valence-corrected chi connectivity index (χ0v) is 18.5. The lowest BCUT2D eigenvalue weighted by Crippen LogP contribution is -2.52. The van der Waals surface area contributed by atoms with Gasteiger partial charge in [0.25, 0.3) is 0 Å². The maximum atomic E-state index is 12.5. The molecule has 28 heavy (non-hydrogen) atoms. The van der Waals surface area contributed by atoms with Crippen LogP contribution < -0.4 is 10.0 Å². The highest BCUT2D eigenvalue weighted by Gasteiger charge is 2.33. The second kappa shape index (κ2) is 9.85. The van der Waals surface area contributed by atoms with Crippen molar-refractivity contribution in [2.75, 3.05) is 27.2 Å². The first kappa shape index (κ1) is 22.8. The number of nitrogens with one attached hydrogen (secondary N) is 2. The largest absolute Gasteiger partial charge is 0.354 e. The summed E-state index contributed by atoms with van der Waals surface area (Å²) in [6.07, 6.45) is 7.17. The molecular weight excluding hydrogens is 374 g/mol. The topological polar surface area (TPSA) is 78.5 Å². The molecule has 0 saturated heterocycles. The van der Waals surface area contributed by atoms with E-state index in [1.54, 1.807) is 19.1 Å². The second-order valence-corrected chi connectivity index (χ2v) is 9.96. The van der Waals surface area contributed by atoms with Crippen LogP contribution in [-0.2, 0) is 14.8 Å². The quantitative estimate of drug-likeness (QED) is 0.647. The van der Waals surface area contributed by atoms with Gasteiger partial charge in [-0.25, -0.2) is 13.1 Å². The molecule has 7 heteroatoms. The summed E-state index contributed by atoms with van der Waals surface area (Å²) in [7, 11) is 0.545. The van der Waals surface area contributed by atoms with Gasteiger partial charge < -0.3 is 10.2 Å². The predicted octanol–water partition coefficient (Wildman–Crippen LogP) is 2.74. The van der Waals surface area contributed by atoms with Gasteiger partial charge in [-0.2, -0.15) is 0 Å². The summed E-state index contributed by atoms with van der Waals surface area (Å²) < 4.78 is 27.6. The second-order valence-electron chi connectivity index (χ2n) is 8.23. The van der Waals surface area contributed by atoms with Crippen molar-refractivity contribution >= 4 is 15.9 Å². The number of hydrogen-bond acceptors (Lipinski definition) is 4. The van der Waals surface area contributed by atoms with Crippen molar-refractivity contribution in [3.05, 3.63) is 29.3 Å². The van der Waals surface area contributed by atoms with Crippen molar-refractivity contribution < 1.29 is 13.2 Å². The Morgan fingerprint density at radius 1 is 1.11 bits per heavy atom. The Morgan fingerprint density at radius 2 is 1.75 bits per heavy atom. The fourth-order valence-corrected chi connectivity index (χ4v) is 5.25. The number of likely N-dealkylation sites (N-methyl/N-ethyl adjacent to an activating group) is 1. The average molecular weight is 410 g/mol. The van der Waals surface area contributed by atoms with Gasteiger partial charge in [0.1, 0.15) is 0 Å². The van der Waals surface area contributed by atoms with Crippen LogP contribution in [0.2, 0.25) is 0 Å². The molecule has 0 heterocycles. The van der Waals surface area contributed by atoms with Crippen LogP contribution >= 0.6 is 0 Å². The lowest BCUT2D eigenvalue weighted by Gasteiger charge is -2.39. The number of carbonyl (C=O) groups excluding carboxylic acids is 1. The van der Waals surface area contributed by atoms with E-state index >= 15 is 0 Å². The molecule has 0 radical (unpaired) electrons. The highest BCUT2D eigenvalue weighted by molar-refractivity contribution is 7.89. The van der Waals surface area contributed by atoms with Gasteiger partial charge in [0.05, 0.1) is 4.90 Å². The normalized spacial score (nSPS) is 17.3. The average Bonchev–Trinajstić information content (AvgIpc) is 2.88. The minimum Gasteiger partial charge on any atom is -0.354 e. The van der Waals surface area contributed by atoms with E-state index < -0.39 is 10.0 Å². The minimum absolute atomic E-state index is 0.00431. The van der Waals surface area contributed by atoms with Gasteiger partial charge in [0.15, 0.2) is 0 Å². The summed E-state index contributed by atoms with van der Waals surface area (Å²) in [6.45, 7) is 4.34. The highest BCUT2D eigenvalue weighted by atomic mass is 32.2. The van der Waals surface area contributed by atoms with Gasteiger partial charge in [0, 0.05) is 25.0 Å². The van der Waals surface area contributed by atoms with Crippen molar-refractivity contribution in [1.29, 1.82) is 0 Å². The summed E-state index contributed by atoms with van der Waals surface area (Å²) in [4.78, 5) is 14.8. The van der Waals surface area contributed by atoms with Gasteiger partial charge in [-0.3, -0.25) is 4.79 Å². The summed E-state index contributed by atoms with van der Waals surface area (Å²) >= 11 is 0. The predicted molar refractivity (Wildman–Crippen MR) is 113 cm³/mol. The number of hydrogen-bond donors (Lipinski definition) is 2. The van der Waals surface area contributed by atoms with Crippen LogP contribution in [0.3, 0.4) is 0 Å². The number of sulfonamides is 1. The molecule has 0 aliphatic heterocycles. The number of aryl methyl sites for hydroxylation is 2. The summed E-state index contributed by atoms with van der Waals surface area (Å²) in [5.74, 6) is -0.117. The lowest BCUT2D eigenvalue weighted by molar-refractivity contribution is -0.121. The van der Waals surface area contributed by atoms with Crippen LogP contribution in [0.25, 0.3) is 0 Å². The van der Waals surface area contributed by atoms with E-state index in [9.17, 15) is 13.2 Å². The standard InChI is InChI=1S/C21H35N3O3S/c1-17-9-10-18(2)19(15-17)28(26,27)23-14-11-20(25)22-16-21(24(3)4)12-7-5-6-8-13-21/h9-10,15,23H,5-8,11-14,16H2,1-4H3,(H,22,25). The van der Waals surface area contributed by atoms with E-state index in [4.69, 9.17) is 0 Å². The molecule has 1 aromatic carbocycles. The van der Waals surface area contributed by atoms with Crippen molar-refractivity contribution in [2.45, 2.75) is 69.2 Å². The van der Waals surface area contributed by atoms with Crippen LogP contribution in [-0.4, -0.2) is 51.9 Å². The molecule has 0 unspecified atom stereocenters. The van der Waals surface area contributed by atoms with Gasteiger partial charge in [-0.15, -0.1) is 0 Å². The Morgan fingerprint density at radius 3 is 2.36 bits per heavy atom. The number of benzene rings is 1. The third kappa shape index (κ3) is 6.03. The maximum absolute atomic E-state index is 12.5. The molecule has 158 valence electrons. The van der Waals surface area contributed by atoms with E-state index in [1.165, 1.54) is 25.7 Å². The maximum Gasteiger partial charge on any atom is 0.240 e. The van der Waals surface area contributed by atoms with Crippen molar-refractivity contribution in [3.8, 4) is 0 Å². The molecule has 1 saturated carbocycles. The van der Waals surface area contributed by atoms with Crippen molar-refractivity contribution in [3.63, 3.8) is 0 Å². The fraction of sp³-hybridized carbons (Fsp3) is 0.667. The monoisotopic (exact) mass is 409 g/mol. The lowest BCUT2D eigenvalue weighted by atomic mass is 9.88. The number of rotatable bonds is 8. The first-order chi connectivity index (χ1) is 13.2. The first-order valence-electron chi connectivity index (χ1n) is 10.2. The molecule has 2 N–H and O–H groups in total. The number of amides is 1. The molecule has 6 nitrogen and oxygen atoms in total.